The van der Waals surface area contributed by atoms with Gasteiger partial charge in [-0.1, -0.05) is 11.6 Å². The smallest absolute Gasteiger partial charge is 0.341 e. The van der Waals surface area contributed by atoms with Crippen molar-refractivity contribution in [2.45, 2.75) is 38.1 Å². The van der Waals surface area contributed by atoms with Gasteiger partial charge in [0.05, 0.1) is 18.3 Å². The molecule has 4 rings (SSSR count). The highest BCUT2D eigenvalue weighted by atomic mass is 35.5. The topological polar surface area (TPSA) is 95.6 Å². The minimum absolute atomic E-state index is 0.0102. The number of aryl methyl sites for hydroxylation is 2. The third-order valence-corrected chi connectivity index (χ3v) is 5.02. The second-order valence-corrected chi connectivity index (χ2v) is 6.57. The van der Waals surface area contributed by atoms with Gasteiger partial charge >= 0.3 is 5.97 Å². The Hall–Kier alpha value is -2.32. The molecule has 1 N–H and O–H groups in total. The first kappa shape index (κ1) is 16.2. The Bertz CT molecular complexity index is 913. The Morgan fingerprint density at radius 2 is 2.12 bits per heavy atom. The third-order valence-electron chi connectivity index (χ3n) is 4.68. The molecule has 1 fully saturated rings. The van der Waals surface area contributed by atoms with Gasteiger partial charge in [-0.25, -0.2) is 4.79 Å². The zero-order chi connectivity index (χ0) is 17.7. The molecule has 0 unspecified atom stereocenters. The van der Waals surface area contributed by atoms with Gasteiger partial charge in [0.15, 0.2) is 5.43 Å². The molecule has 1 aliphatic carbocycles. The van der Waals surface area contributed by atoms with Crippen LogP contribution < -0.4 is 10.2 Å². The van der Waals surface area contributed by atoms with E-state index in [1.165, 1.54) is 12.3 Å². The molecule has 132 valence electrons. The fourth-order valence-corrected chi connectivity index (χ4v) is 3.47. The molecule has 0 radical (unpaired) electrons. The summed E-state index contributed by atoms with van der Waals surface area (Å²) in [5.74, 6) is -0.911. The Kier molecular flexibility index (Phi) is 3.81. The van der Waals surface area contributed by atoms with Crippen molar-refractivity contribution in [3.05, 3.63) is 33.1 Å². The number of aromatic carboxylic acids is 1. The predicted octanol–water partition coefficient (Wildman–Crippen LogP) is 1.63. The highest BCUT2D eigenvalue weighted by Crippen LogP contribution is 2.39. The lowest BCUT2D eigenvalue weighted by molar-refractivity contribution is -0.0398. The molecule has 1 saturated carbocycles. The molecule has 2 aliphatic rings. The van der Waals surface area contributed by atoms with E-state index < -0.39 is 11.4 Å². The van der Waals surface area contributed by atoms with Crippen LogP contribution in [-0.4, -0.2) is 44.7 Å². The molecule has 1 aliphatic heterocycles. The van der Waals surface area contributed by atoms with Crippen LogP contribution in [0.5, 0.6) is 5.88 Å². The van der Waals surface area contributed by atoms with E-state index in [0.717, 1.165) is 12.8 Å². The van der Waals surface area contributed by atoms with Crippen molar-refractivity contribution in [1.29, 1.82) is 0 Å². The molecular formula is C16H16ClN3O5. The van der Waals surface area contributed by atoms with Gasteiger partial charge in [0.2, 0.25) is 0 Å². The maximum atomic E-state index is 12.1. The Morgan fingerprint density at radius 3 is 2.80 bits per heavy atom. The van der Waals surface area contributed by atoms with E-state index in [1.807, 2.05) is 0 Å². The molecule has 0 saturated heterocycles. The summed E-state index contributed by atoms with van der Waals surface area (Å²) < 4.78 is 14.5. The minimum atomic E-state index is -1.24. The van der Waals surface area contributed by atoms with E-state index in [9.17, 15) is 9.59 Å². The van der Waals surface area contributed by atoms with E-state index >= 15 is 0 Å². The Morgan fingerprint density at radius 1 is 1.36 bits per heavy atom. The molecular weight excluding hydrogens is 350 g/mol. The van der Waals surface area contributed by atoms with Gasteiger partial charge in [-0.2, -0.15) is 0 Å². The normalized spacial score (nSPS) is 21.2. The summed E-state index contributed by atoms with van der Waals surface area (Å²) in [4.78, 5) is 23.2. The summed E-state index contributed by atoms with van der Waals surface area (Å²) >= 11 is 6.45. The molecule has 0 amide bonds. The highest BCUT2D eigenvalue weighted by Gasteiger charge is 2.33. The zero-order valence-electron chi connectivity index (χ0n) is 13.4. The fourth-order valence-electron chi connectivity index (χ4n) is 3.19. The number of hydrogen-bond donors (Lipinski definition) is 1. The minimum Gasteiger partial charge on any atom is -0.477 e. The quantitative estimate of drug-likeness (QED) is 0.884. The van der Waals surface area contributed by atoms with Crippen LogP contribution in [0.3, 0.4) is 0 Å². The van der Waals surface area contributed by atoms with Gasteiger partial charge in [-0.05, 0) is 0 Å². The van der Waals surface area contributed by atoms with Gasteiger partial charge < -0.3 is 19.1 Å². The maximum Gasteiger partial charge on any atom is 0.341 e. The number of halogens is 1. The standard InChI is InChI=1S/C16H16ClN3O5/c1-24-8-4-9(5-8)25-15-13(17)14-11-6-12(21)10(16(22)23)7-19(11)2-3-20(14)18-15/h6-9H,2-5H2,1H3,(H,22,23). The number of methoxy groups -OCH3 is 1. The van der Waals surface area contributed by atoms with Crippen molar-refractivity contribution in [2.75, 3.05) is 7.11 Å². The second-order valence-electron chi connectivity index (χ2n) is 6.20. The lowest BCUT2D eigenvalue weighted by atomic mass is 9.92. The van der Waals surface area contributed by atoms with Crippen LogP contribution in [0.4, 0.5) is 0 Å². The average Bonchev–Trinajstić information content (AvgIpc) is 2.86. The Labute approximate surface area is 147 Å². The van der Waals surface area contributed by atoms with Gasteiger partial charge in [-0.15, -0.1) is 5.10 Å². The van der Waals surface area contributed by atoms with Crippen molar-refractivity contribution < 1.29 is 19.4 Å². The molecule has 2 aromatic rings. The van der Waals surface area contributed by atoms with Crippen molar-refractivity contribution >= 4 is 17.6 Å². The number of rotatable bonds is 4. The lowest BCUT2D eigenvalue weighted by Gasteiger charge is -2.33. The molecule has 25 heavy (non-hydrogen) atoms. The molecule has 0 aromatic carbocycles. The number of hydrogen-bond acceptors (Lipinski definition) is 5. The largest absolute Gasteiger partial charge is 0.477 e. The monoisotopic (exact) mass is 365 g/mol. The molecule has 3 heterocycles. The van der Waals surface area contributed by atoms with E-state index in [2.05, 4.69) is 5.10 Å². The zero-order valence-corrected chi connectivity index (χ0v) is 14.2. The fraction of sp³-hybridized carbons (Fsp3) is 0.438. The van der Waals surface area contributed by atoms with E-state index in [1.54, 1.807) is 16.4 Å². The van der Waals surface area contributed by atoms with Crippen molar-refractivity contribution in [3.8, 4) is 17.3 Å². The Balaban J connectivity index is 1.69. The molecule has 2 aromatic heterocycles. The summed E-state index contributed by atoms with van der Waals surface area (Å²) in [6.07, 6.45) is 3.13. The maximum absolute atomic E-state index is 12.1. The van der Waals surface area contributed by atoms with Crippen LogP contribution >= 0.6 is 11.6 Å². The van der Waals surface area contributed by atoms with Crippen LogP contribution in [-0.2, 0) is 17.8 Å². The van der Waals surface area contributed by atoms with Gasteiger partial charge in [0.25, 0.3) is 5.88 Å². The first-order chi connectivity index (χ1) is 12.0. The number of ether oxygens (including phenoxy) is 2. The van der Waals surface area contributed by atoms with Crippen molar-refractivity contribution in [3.63, 3.8) is 0 Å². The number of pyridine rings is 1. The van der Waals surface area contributed by atoms with Crippen molar-refractivity contribution in [2.24, 2.45) is 0 Å². The van der Waals surface area contributed by atoms with Crippen LogP contribution in [0.1, 0.15) is 23.2 Å². The molecule has 9 heteroatoms. The van der Waals surface area contributed by atoms with Gasteiger partial charge in [0, 0.05) is 38.8 Å². The number of nitrogens with zero attached hydrogens (tertiary/aromatic N) is 3. The first-order valence-corrected chi connectivity index (χ1v) is 8.29. The van der Waals surface area contributed by atoms with Crippen LogP contribution in [0.2, 0.25) is 5.02 Å². The van der Waals surface area contributed by atoms with Crippen molar-refractivity contribution in [1.82, 2.24) is 14.3 Å². The van der Waals surface area contributed by atoms with Crippen LogP contribution in [0, 0.1) is 0 Å². The number of aromatic nitrogens is 3. The summed E-state index contributed by atoms with van der Waals surface area (Å²) in [6.45, 7) is 1.01. The summed E-state index contributed by atoms with van der Waals surface area (Å²) in [5, 5.41) is 13.8. The van der Waals surface area contributed by atoms with E-state index in [0.29, 0.717) is 35.4 Å². The second kappa shape index (κ2) is 5.89. The number of carboxylic acids is 1. The summed E-state index contributed by atoms with van der Waals surface area (Å²) in [7, 11) is 1.67. The SMILES string of the molecule is COC1CC(Oc2nn3c(c2Cl)-c2cc(=O)c(C(=O)O)cn2CC3)C1. The van der Waals surface area contributed by atoms with E-state index in [-0.39, 0.29) is 17.8 Å². The van der Waals surface area contributed by atoms with Crippen LogP contribution in [0.25, 0.3) is 11.4 Å². The molecule has 0 atom stereocenters. The first-order valence-electron chi connectivity index (χ1n) is 7.92. The van der Waals surface area contributed by atoms with Gasteiger partial charge in [-0.3, -0.25) is 9.48 Å². The lowest BCUT2D eigenvalue weighted by Crippen LogP contribution is -2.39. The molecule has 8 nitrogen and oxygen atoms in total. The van der Waals surface area contributed by atoms with Crippen LogP contribution in [0.15, 0.2) is 17.1 Å². The number of fused-ring (bicyclic) bond motifs is 3. The third kappa shape index (κ3) is 2.61. The van der Waals surface area contributed by atoms with Gasteiger partial charge in [0.1, 0.15) is 22.4 Å². The highest BCUT2D eigenvalue weighted by molar-refractivity contribution is 6.34. The molecule has 0 spiro atoms. The number of carbonyl (C=O) groups is 1. The van der Waals surface area contributed by atoms with E-state index in [4.69, 9.17) is 26.2 Å². The molecule has 0 bridgehead atoms. The summed E-state index contributed by atoms with van der Waals surface area (Å²) in [5.41, 5.74) is 0.287. The number of carboxylic acid groups (broad SMARTS) is 1. The average molecular weight is 366 g/mol. The summed E-state index contributed by atoms with van der Waals surface area (Å²) in [6, 6.07) is 1.29. The predicted molar refractivity (Wildman–Crippen MR) is 88.3 cm³/mol.